The highest BCUT2D eigenvalue weighted by atomic mass is 35.5. The molecule has 26 heavy (non-hydrogen) atoms. The van der Waals surface area contributed by atoms with Crippen molar-refractivity contribution in [1.29, 1.82) is 0 Å². The van der Waals surface area contributed by atoms with E-state index in [-0.39, 0.29) is 0 Å². The van der Waals surface area contributed by atoms with Gasteiger partial charge in [0, 0.05) is 16.1 Å². The van der Waals surface area contributed by atoms with Gasteiger partial charge in [0.05, 0.1) is 11.6 Å². The molecule has 3 heterocycles. The molecule has 0 spiro atoms. The van der Waals surface area contributed by atoms with E-state index in [1.807, 2.05) is 42.5 Å². The second-order valence-electron chi connectivity index (χ2n) is 5.64. The van der Waals surface area contributed by atoms with Crippen LogP contribution in [0.2, 0.25) is 5.02 Å². The molecule has 0 N–H and O–H groups in total. The van der Waals surface area contributed by atoms with E-state index in [2.05, 4.69) is 15.4 Å². The van der Waals surface area contributed by atoms with E-state index in [0.717, 1.165) is 22.0 Å². The van der Waals surface area contributed by atoms with Crippen molar-refractivity contribution in [1.82, 2.24) is 15.4 Å². The van der Waals surface area contributed by atoms with Crippen molar-refractivity contribution < 1.29 is 13.4 Å². The van der Waals surface area contributed by atoms with Crippen LogP contribution in [0.1, 0.15) is 0 Å². The van der Waals surface area contributed by atoms with Gasteiger partial charge in [-0.05, 0) is 54.6 Å². The first-order valence-corrected chi connectivity index (χ1v) is 8.19. The number of hydrogen-bond acceptors (Lipinski definition) is 6. The molecule has 126 valence electrons. The first-order chi connectivity index (χ1) is 12.8. The van der Waals surface area contributed by atoms with Crippen molar-refractivity contribution in [2.45, 2.75) is 0 Å². The third-order valence-electron chi connectivity index (χ3n) is 3.99. The minimum absolute atomic E-state index is 0.327. The molecule has 5 aromatic rings. The topological polar surface area (TPSA) is 78.1 Å². The Morgan fingerprint density at radius 2 is 1.65 bits per heavy atom. The van der Waals surface area contributed by atoms with Gasteiger partial charge in [-0.1, -0.05) is 16.8 Å². The number of hydrogen-bond donors (Lipinski definition) is 0. The van der Waals surface area contributed by atoms with Gasteiger partial charge in [-0.2, -0.15) is 0 Å². The van der Waals surface area contributed by atoms with Gasteiger partial charge < -0.3 is 13.4 Å². The second-order valence-corrected chi connectivity index (χ2v) is 6.08. The monoisotopic (exact) mass is 363 g/mol. The maximum atomic E-state index is 5.96. The molecule has 0 aliphatic carbocycles. The van der Waals surface area contributed by atoms with Gasteiger partial charge in [-0.3, -0.25) is 0 Å². The molecule has 7 heteroatoms. The summed E-state index contributed by atoms with van der Waals surface area (Å²) >= 11 is 5.96. The Morgan fingerprint density at radius 1 is 0.846 bits per heavy atom. The molecular weight excluding hydrogens is 354 g/mol. The second kappa shape index (κ2) is 5.86. The van der Waals surface area contributed by atoms with E-state index in [1.54, 1.807) is 18.4 Å². The van der Waals surface area contributed by atoms with Crippen LogP contribution in [-0.2, 0) is 0 Å². The third-order valence-corrected chi connectivity index (χ3v) is 4.24. The Morgan fingerprint density at radius 3 is 2.46 bits per heavy atom. The van der Waals surface area contributed by atoms with Crippen molar-refractivity contribution in [2.24, 2.45) is 0 Å². The van der Waals surface area contributed by atoms with E-state index in [0.29, 0.717) is 28.3 Å². The fourth-order valence-electron chi connectivity index (χ4n) is 2.72. The van der Waals surface area contributed by atoms with Crippen LogP contribution < -0.4 is 0 Å². The summed E-state index contributed by atoms with van der Waals surface area (Å²) in [6.07, 6.45) is 1.56. The summed E-state index contributed by atoms with van der Waals surface area (Å²) in [6.45, 7) is 0. The Balaban J connectivity index is 1.59. The summed E-state index contributed by atoms with van der Waals surface area (Å²) in [7, 11) is 0. The summed E-state index contributed by atoms with van der Waals surface area (Å²) in [4.78, 5) is 0. The van der Waals surface area contributed by atoms with E-state index in [4.69, 9.17) is 25.0 Å². The first kappa shape index (κ1) is 14.9. The lowest BCUT2D eigenvalue weighted by atomic mass is 10.1. The van der Waals surface area contributed by atoms with Crippen molar-refractivity contribution in [3.05, 3.63) is 65.9 Å². The molecule has 6 nitrogen and oxygen atoms in total. The highest BCUT2D eigenvalue weighted by Gasteiger charge is 2.16. The molecule has 3 aromatic heterocycles. The van der Waals surface area contributed by atoms with Crippen molar-refractivity contribution in [3.8, 4) is 34.4 Å². The van der Waals surface area contributed by atoms with Crippen LogP contribution in [0.15, 0.2) is 74.2 Å². The number of halogens is 1. The normalized spacial score (nSPS) is 11.3. The zero-order valence-corrected chi connectivity index (χ0v) is 14.0. The van der Waals surface area contributed by atoms with Gasteiger partial charge in [-0.15, -0.1) is 10.2 Å². The standard InChI is InChI=1S/C19H10ClN3O3/c20-13-6-3-11(4-7-13)17-14-10-12(5-8-15(14)23-26-17)18-21-22-19(25-18)16-2-1-9-24-16/h1-10H. The van der Waals surface area contributed by atoms with Crippen LogP contribution in [0.3, 0.4) is 0 Å². The number of nitrogens with zero attached hydrogens (tertiary/aromatic N) is 3. The maximum absolute atomic E-state index is 5.96. The fraction of sp³-hybridized carbons (Fsp3) is 0. The minimum Gasteiger partial charge on any atom is -0.459 e. The zero-order valence-electron chi connectivity index (χ0n) is 13.2. The van der Waals surface area contributed by atoms with Crippen molar-refractivity contribution >= 4 is 22.5 Å². The van der Waals surface area contributed by atoms with Gasteiger partial charge >= 0.3 is 0 Å². The van der Waals surface area contributed by atoms with Gasteiger partial charge in [0.2, 0.25) is 5.89 Å². The summed E-state index contributed by atoms with van der Waals surface area (Å²) in [5.74, 6) is 1.90. The van der Waals surface area contributed by atoms with E-state index in [9.17, 15) is 0 Å². The van der Waals surface area contributed by atoms with Crippen molar-refractivity contribution in [2.75, 3.05) is 0 Å². The Kier molecular flexibility index (Phi) is 3.36. The summed E-state index contributed by atoms with van der Waals surface area (Å²) in [5.41, 5.74) is 2.39. The number of aromatic nitrogens is 3. The number of furan rings is 1. The van der Waals surface area contributed by atoms with Gasteiger partial charge in [-0.25, -0.2) is 0 Å². The Hall–Kier alpha value is -3.38. The highest BCUT2D eigenvalue weighted by molar-refractivity contribution is 6.30. The predicted octanol–water partition coefficient (Wildman–Crippen LogP) is 5.46. The first-order valence-electron chi connectivity index (χ1n) is 7.81. The molecule has 0 unspecified atom stereocenters. The van der Waals surface area contributed by atoms with Crippen LogP contribution in [0, 0.1) is 0 Å². The molecular formula is C19H10ClN3O3. The molecule has 0 bridgehead atoms. The average Bonchev–Trinajstić information content (AvgIpc) is 3.41. The van der Waals surface area contributed by atoms with Crippen molar-refractivity contribution in [3.63, 3.8) is 0 Å². The van der Waals surface area contributed by atoms with Crippen LogP contribution in [0.5, 0.6) is 0 Å². The number of benzene rings is 2. The van der Waals surface area contributed by atoms with Crippen LogP contribution >= 0.6 is 11.6 Å². The van der Waals surface area contributed by atoms with Crippen LogP contribution in [-0.4, -0.2) is 15.4 Å². The molecule has 0 aliphatic heterocycles. The largest absolute Gasteiger partial charge is 0.459 e. The molecule has 0 atom stereocenters. The minimum atomic E-state index is 0.327. The maximum Gasteiger partial charge on any atom is 0.283 e. The molecule has 0 saturated heterocycles. The molecule has 0 aliphatic rings. The van der Waals surface area contributed by atoms with E-state index < -0.39 is 0 Å². The Labute approximate surface area is 152 Å². The quantitative estimate of drug-likeness (QED) is 0.423. The predicted molar refractivity (Wildman–Crippen MR) is 95.4 cm³/mol. The third kappa shape index (κ3) is 2.48. The van der Waals surface area contributed by atoms with Crippen LogP contribution in [0.25, 0.3) is 45.3 Å². The molecule has 0 fully saturated rings. The highest BCUT2D eigenvalue weighted by Crippen LogP contribution is 2.33. The zero-order chi connectivity index (χ0) is 17.5. The Bertz CT molecular complexity index is 1190. The number of rotatable bonds is 3. The average molecular weight is 364 g/mol. The van der Waals surface area contributed by atoms with Crippen LogP contribution in [0.4, 0.5) is 0 Å². The summed E-state index contributed by atoms with van der Waals surface area (Å²) in [6, 6.07) is 16.5. The lowest BCUT2D eigenvalue weighted by Gasteiger charge is -1.98. The molecule has 0 saturated carbocycles. The molecule has 2 aromatic carbocycles. The smallest absolute Gasteiger partial charge is 0.283 e. The molecule has 0 amide bonds. The fourth-order valence-corrected chi connectivity index (χ4v) is 2.85. The molecule has 0 radical (unpaired) electrons. The van der Waals surface area contributed by atoms with E-state index >= 15 is 0 Å². The number of fused-ring (bicyclic) bond motifs is 1. The summed E-state index contributed by atoms with van der Waals surface area (Å²) in [5, 5.41) is 13.8. The lowest BCUT2D eigenvalue weighted by Crippen LogP contribution is -1.80. The van der Waals surface area contributed by atoms with E-state index in [1.165, 1.54) is 0 Å². The van der Waals surface area contributed by atoms with Gasteiger partial charge in [0.25, 0.3) is 5.89 Å². The SMILES string of the molecule is Clc1ccc(-c2onc3ccc(-c4nnc(-c5ccco5)o4)cc23)cc1. The van der Waals surface area contributed by atoms with Gasteiger partial charge in [0.1, 0.15) is 5.52 Å². The molecule has 5 rings (SSSR count). The van der Waals surface area contributed by atoms with Gasteiger partial charge in [0.15, 0.2) is 11.5 Å². The summed E-state index contributed by atoms with van der Waals surface area (Å²) < 4.78 is 16.5. The lowest BCUT2D eigenvalue weighted by molar-refractivity contribution is 0.441.